The van der Waals surface area contributed by atoms with Crippen molar-refractivity contribution in [2.75, 3.05) is 46.5 Å². The highest BCUT2D eigenvalue weighted by molar-refractivity contribution is 14.0. The number of guanidine groups is 1. The van der Waals surface area contributed by atoms with E-state index >= 15 is 0 Å². The van der Waals surface area contributed by atoms with Gasteiger partial charge >= 0.3 is 0 Å². The molecule has 0 radical (unpaired) electrons. The molecule has 1 aromatic rings. The van der Waals surface area contributed by atoms with Crippen LogP contribution >= 0.6 is 24.0 Å². The maximum atomic E-state index is 5.90. The van der Waals surface area contributed by atoms with Crippen molar-refractivity contribution in [3.63, 3.8) is 0 Å². The van der Waals surface area contributed by atoms with Crippen LogP contribution in [0.2, 0.25) is 0 Å². The maximum Gasteiger partial charge on any atom is 0.193 e. The molecular weight excluding hydrogens is 433 g/mol. The van der Waals surface area contributed by atoms with Gasteiger partial charge in [-0.05, 0) is 12.8 Å². The molecule has 0 amide bonds. The average molecular weight is 461 g/mol. The number of aromatic nitrogens is 2. The Morgan fingerprint density at radius 1 is 1.44 bits per heavy atom. The Hall–Kier alpha value is -1.13. The van der Waals surface area contributed by atoms with Gasteiger partial charge in [0.25, 0.3) is 0 Å². The van der Waals surface area contributed by atoms with Crippen LogP contribution in [-0.2, 0) is 16.5 Å². The molecule has 3 heterocycles. The van der Waals surface area contributed by atoms with Crippen LogP contribution in [-0.4, -0.2) is 67.1 Å². The van der Waals surface area contributed by atoms with E-state index in [-0.39, 0.29) is 30.1 Å². The number of morpholine rings is 1. The van der Waals surface area contributed by atoms with E-state index in [2.05, 4.69) is 26.4 Å². The molecule has 0 spiro atoms. The summed E-state index contributed by atoms with van der Waals surface area (Å²) in [6.45, 7) is 4.84. The quantitative estimate of drug-likeness (QED) is 0.320. The van der Waals surface area contributed by atoms with E-state index in [4.69, 9.17) is 9.47 Å². The first-order valence-electron chi connectivity index (χ1n) is 8.57. The lowest BCUT2D eigenvalue weighted by molar-refractivity contribution is -0.00801. The zero-order chi connectivity index (χ0) is 16.8. The summed E-state index contributed by atoms with van der Waals surface area (Å²) < 4.78 is 13.1. The summed E-state index contributed by atoms with van der Waals surface area (Å²) in [6, 6.07) is 0. The molecule has 1 N–H and O–H groups in total. The molecule has 3 rings (SSSR count). The van der Waals surface area contributed by atoms with Crippen LogP contribution in [0.4, 0.5) is 0 Å². The maximum absolute atomic E-state index is 5.90. The summed E-state index contributed by atoms with van der Waals surface area (Å²) in [4.78, 5) is 6.70. The summed E-state index contributed by atoms with van der Waals surface area (Å²) in [5.41, 5.74) is 2.59. The predicted octanol–water partition coefficient (Wildman–Crippen LogP) is 1.72. The van der Waals surface area contributed by atoms with Crippen molar-refractivity contribution in [1.29, 1.82) is 0 Å². The number of nitrogens with one attached hydrogen (secondary N) is 1. The fraction of sp³-hybridized carbons (Fsp3) is 0.647. The molecule has 0 saturated carbocycles. The van der Waals surface area contributed by atoms with E-state index < -0.39 is 0 Å². The van der Waals surface area contributed by atoms with Gasteiger partial charge in [-0.1, -0.05) is 11.6 Å². The van der Waals surface area contributed by atoms with Gasteiger partial charge in [0.05, 0.1) is 32.6 Å². The Balaban J connectivity index is 0.00000225. The minimum absolute atomic E-state index is 0. The predicted molar refractivity (Wildman–Crippen MR) is 108 cm³/mol. The Morgan fingerprint density at radius 3 is 3.00 bits per heavy atom. The van der Waals surface area contributed by atoms with Crippen LogP contribution in [0.5, 0.6) is 0 Å². The first-order chi connectivity index (χ1) is 11.8. The Morgan fingerprint density at radius 2 is 2.32 bits per heavy atom. The smallest absolute Gasteiger partial charge is 0.193 e. The van der Waals surface area contributed by atoms with Crippen LogP contribution in [0.1, 0.15) is 24.5 Å². The Kier molecular flexibility index (Phi) is 8.17. The molecule has 8 heteroatoms. The summed E-state index contributed by atoms with van der Waals surface area (Å²) in [5, 5.41) is 7.72. The fourth-order valence-corrected chi connectivity index (χ4v) is 3.11. The van der Waals surface area contributed by atoms with Gasteiger partial charge in [0.1, 0.15) is 6.10 Å². The van der Waals surface area contributed by atoms with Gasteiger partial charge in [-0.15, -0.1) is 24.0 Å². The van der Waals surface area contributed by atoms with Gasteiger partial charge in [-0.3, -0.25) is 9.67 Å². The highest BCUT2D eigenvalue weighted by atomic mass is 127. The van der Waals surface area contributed by atoms with E-state index in [0.29, 0.717) is 6.61 Å². The largest absolute Gasteiger partial charge is 0.377 e. The van der Waals surface area contributed by atoms with Crippen LogP contribution in [0.25, 0.3) is 0 Å². The molecule has 7 nitrogen and oxygen atoms in total. The number of hydrogen-bond donors (Lipinski definition) is 1. The first-order valence-corrected chi connectivity index (χ1v) is 8.57. The lowest BCUT2D eigenvalue weighted by Crippen LogP contribution is -2.48. The number of aliphatic imine (C=N–C) groups is 1. The molecule has 1 atom stereocenters. The molecule has 2 aliphatic rings. The van der Waals surface area contributed by atoms with Gasteiger partial charge in [0, 0.05) is 38.9 Å². The summed E-state index contributed by atoms with van der Waals surface area (Å²) in [6.07, 6.45) is 8.22. The lowest BCUT2D eigenvalue weighted by atomic mass is 10.1. The highest BCUT2D eigenvalue weighted by Crippen LogP contribution is 2.21. The molecule has 1 fully saturated rings. The molecule has 0 aromatic carbocycles. The topological polar surface area (TPSA) is 63.9 Å². The summed E-state index contributed by atoms with van der Waals surface area (Å²) >= 11 is 0. The molecule has 140 valence electrons. The Bertz CT molecular complexity index is 602. The van der Waals surface area contributed by atoms with E-state index in [0.717, 1.165) is 57.2 Å². The number of ether oxygens (including phenoxy) is 2. The molecule has 2 aliphatic heterocycles. The number of aryl methyl sites for hydroxylation is 1. The summed E-state index contributed by atoms with van der Waals surface area (Å²) in [7, 11) is 3.76. The highest BCUT2D eigenvalue weighted by Gasteiger charge is 2.25. The second kappa shape index (κ2) is 10.1. The van der Waals surface area contributed by atoms with Crippen molar-refractivity contribution in [3.8, 4) is 0 Å². The summed E-state index contributed by atoms with van der Waals surface area (Å²) in [5.74, 6) is 0.944. The van der Waals surface area contributed by atoms with Crippen LogP contribution in [0.3, 0.4) is 0 Å². The standard InChI is InChI=1S/C17H27N5O2.HI/c1-18-17(19-6-3-14-4-8-23-9-5-14)22-7-10-24-16(13-22)15-11-20-21(2)12-15;/h4,11-12,16H,3,5-10,13H2,1-2H3,(H,18,19);1H. The monoisotopic (exact) mass is 461 g/mol. The van der Waals surface area contributed by atoms with Gasteiger partial charge in [0.15, 0.2) is 5.96 Å². The lowest BCUT2D eigenvalue weighted by Gasteiger charge is -2.34. The molecule has 1 saturated heterocycles. The van der Waals surface area contributed by atoms with Gasteiger partial charge in [-0.25, -0.2) is 0 Å². The molecular formula is C17H28IN5O2. The van der Waals surface area contributed by atoms with E-state index in [1.807, 2.05) is 31.2 Å². The molecule has 25 heavy (non-hydrogen) atoms. The third-order valence-corrected chi connectivity index (χ3v) is 4.46. The van der Waals surface area contributed by atoms with E-state index in [9.17, 15) is 0 Å². The molecule has 0 bridgehead atoms. The van der Waals surface area contributed by atoms with Gasteiger partial charge in [-0.2, -0.15) is 5.10 Å². The number of nitrogens with zero attached hydrogens (tertiary/aromatic N) is 4. The van der Waals surface area contributed by atoms with Crippen LogP contribution in [0, 0.1) is 0 Å². The minimum Gasteiger partial charge on any atom is -0.377 e. The first kappa shape index (κ1) is 20.2. The average Bonchev–Trinajstić information content (AvgIpc) is 3.06. The molecule has 1 unspecified atom stereocenters. The van der Waals surface area contributed by atoms with E-state index in [1.165, 1.54) is 5.57 Å². The zero-order valence-corrected chi connectivity index (χ0v) is 17.3. The van der Waals surface area contributed by atoms with Gasteiger partial charge < -0.3 is 19.7 Å². The molecule has 0 aliphatic carbocycles. The van der Waals surface area contributed by atoms with Crippen molar-refractivity contribution in [2.24, 2.45) is 12.0 Å². The third-order valence-electron chi connectivity index (χ3n) is 4.46. The van der Waals surface area contributed by atoms with Crippen molar-refractivity contribution in [3.05, 3.63) is 29.6 Å². The fourth-order valence-electron chi connectivity index (χ4n) is 3.11. The second-order valence-electron chi connectivity index (χ2n) is 6.16. The van der Waals surface area contributed by atoms with Gasteiger partial charge in [0.2, 0.25) is 0 Å². The van der Waals surface area contributed by atoms with Crippen molar-refractivity contribution < 1.29 is 9.47 Å². The number of halogens is 1. The van der Waals surface area contributed by atoms with Crippen LogP contribution in [0.15, 0.2) is 29.0 Å². The number of rotatable bonds is 4. The SMILES string of the molecule is CN=C(NCCC1=CCOCC1)N1CCOC(c2cnn(C)c2)C1.I. The van der Waals surface area contributed by atoms with Crippen molar-refractivity contribution in [2.45, 2.75) is 18.9 Å². The van der Waals surface area contributed by atoms with Crippen molar-refractivity contribution >= 4 is 29.9 Å². The van der Waals surface area contributed by atoms with Crippen LogP contribution < -0.4 is 5.32 Å². The van der Waals surface area contributed by atoms with E-state index in [1.54, 1.807) is 0 Å². The zero-order valence-electron chi connectivity index (χ0n) is 15.0. The molecule has 1 aromatic heterocycles. The number of hydrogen-bond acceptors (Lipinski definition) is 4. The Labute approximate surface area is 166 Å². The normalized spacial score (nSPS) is 21.5. The third kappa shape index (κ3) is 5.68. The van der Waals surface area contributed by atoms with Crippen molar-refractivity contribution in [1.82, 2.24) is 20.0 Å². The second-order valence-corrected chi connectivity index (χ2v) is 6.16. The minimum atomic E-state index is 0.